The van der Waals surface area contributed by atoms with Crippen LogP contribution in [-0.2, 0) is 6.18 Å². The van der Waals surface area contributed by atoms with Crippen LogP contribution in [0.2, 0.25) is 0 Å². The van der Waals surface area contributed by atoms with Gasteiger partial charge in [0.05, 0.1) is 11.9 Å². The van der Waals surface area contributed by atoms with Gasteiger partial charge in [0.2, 0.25) is 0 Å². The van der Waals surface area contributed by atoms with Crippen molar-refractivity contribution in [2.24, 2.45) is 5.41 Å². The van der Waals surface area contributed by atoms with Crippen LogP contribution in [0.1, 0.15) is 19.4 Å². The topological polar surface area (TPSA) is 49.0 Å². The lowest BCUT2D eigenvalue weighted by Gasteiger charge is -2.47. The molecule has 0 atom stereocenters. The molecule has 0 spiro atoms. The van der Waals surface area contributed by atoms with Gasteiger partial charge in [0.1, 0.15) is 5.56 Å². The first-order valence-electron chi connectivity index (χ1n) is 5.10. The third-order valence-corrected chi connectivity index (χ3v) is 2.70. The van der Waals surface area contributed by atoms with E-state index in [1.165, 1.54) is 4.90 Å². The summed E-state index contributed by atoms with van der Waals surface area (Å²) in [4.78, 5) is 12.7. The Labute approximate surface area is 95.4 Å². The van der Waals surface area contributed by atoms with E-state index in [1.807, 2.05) is 18.9 Å². The fourth-order valence-corrected chi connectivity index (χ4v) is 2.06. The normalized spacial score (nSPS) is 19.0. The van der Waals surface area contributed by atoms with E-state index in [0.29, 0.717) is 13.1 Å². The van der Waals surface area contributed by atoms with E-state index < -0.39 is 17.3 Å². The molecule has 94 valence electrons. The summed E-state index contributed by atoms with van der Waals surface area (Å²) in [6.45, 7) is 4.89. The number of aromatic amines is 1. The predicted molar refractivity (Wildman–Crippen MR) is 55.9 cm³/mol. The molecule has 1 fully saturated rings. The number of anilines is 1. The summed E-state index contributed by atoms with van der Waals surface area (Å²) in [5, 5.41) is 5.25. The Morgan fingerprint density at radius 3 is 2.47 bits per heavy atom. The first kappa shape index (κ1) is 11.9. The second-order valence-corrected chi connectivity index (χ2v) is 4.98. The summed E-state index contributed by atoms with van der Waals surface area (Å²) < 4.78 is 38.2. The Kier molecular flexibility index (Phi) is 2.44. The SMILES string of the molecule is CC1(C)CN(c2cn[nH]c(=O)c2C(F)(F)F)C1. The van der Waals surface area contributed by atoms with Gasteiger partial charge in [-0.05, 0) is 5.41 Å². The predicted octanol–water partition coefficient (Wildman–Crippen LogP) is 1.63. The number of aromatic nitrogens is 2. The minimum Gasteiger partial charge on any atom is -0.368 e. The van der Waals surface area contributed by atoms with Gasteiger partial charge in [-0.15, -0.1) is 0 Å². The molecular weight excluding hydrogens is 235 g/mol. The van der Waals surface area contributed by atoms with Crippen LogP contribution in [0.5, 0.6) is 0 Å². The van der Waals surface area contributed by atoms with Crippen LogP contribution in [-0.4, -0.2) is 23.3 Å². The van der Waals surface area contributed by atoms with Crippen LogP contribution >= 0.6 is 0 Å². The molecule has 0 unspecified atom stereocenters. The van der Waals surface area contributed by atoms with Crippen molar-refractivity contribution in [1.82, 2.24) is 10.2 Å². The fourth-order valence-electron chi connectivity index (χ4n) is 2.06. The van der Waals surface area contributed by atoms with Gasteiger partial charge in [0, 0.05) is 13.1 Å². The molecule has 1 aliphatic heterocycles. The molecule has 0 amide bonds. The molecule has 17 heavy (non-hydrogen) atoms. The van der Waals surface area contributed by atoms with Crippen LogP contribution in [0, 0.1) is 5.41 Å². The van der Waals surface area contributed by atoms with Gasteiger partial charge in [0.25, 0.3) is 5.56 Å². The first-order chi connectivity index (χ1) is 7.71. The quantitative estimate of drug-likeness (QED) is 0.820. The molecule has 2 heterocycles. The van der Waals surface area contributed by atoms with Crippen molar-refractivity contribution in [3.8, 4) is 0 Å². The number of H-pyrrole nitrogens is 1. The first-order valence-corrected chi connectivity index (χ1v) is 5.10. The number of halogens is 3. The molecule has 4 nitrogen and oxygen atoms in total. The Balaban J connectivity index is 2.42. The van der Waals surface area contributed by atoms with Gasteiger partial charge >= 0.3 is 6.18 Å². The zero-order valence-corrected chi connectivity index (χ0v) is 9.43. The van der Waals surface area contributed by atoms with Crippen molar-refractivity contribution in [3.05, 3.63) is 22.1 Å². The van der Waals surface area contributed by atoms with Crippen molar-refractivity contribution in [2.45, 2.75) is 20.0 Å². The van der Waals surface area contributed by atoms with Crippen molar-refractivity contribution < 1.29 is 13.2 Å². The fraction of sp³-hybridized carbons (Fsp3) is 0.600. The highest BCUT2D eigenvalue weighted by molar-refractivity contribution is 5.54. The number of alkyl halides is 3. The van der Waals surface area contributed by atoms with E-state index >= 15 is 0 Å². The standard InChI is InChI=1S/C10H12F3N3O/c1-9(2)4-16(5-9)6-3-14-15-8(17)7(6)10(11,12)13/h3H,4-5H2,1-2H3,(H,15,17). The molecule has 0 saturated carbocycles. The molecule has 0 aliphatic carbocycles. The molecule has 1 aromatic rings. The molecule has 0 radical (unpaired) electrons. The largest absolute Gasteiger partial charge is 0.423 e. The van der Waals surface area contributed by atoms with Crippen LogP contribution in [0.25, 0.3) is 0 Å². The smallest absolute Gasteiger partial charge is 0.368 e. The number of nitrogens with zero attached hydrogens (tertiary/aromatic N) is 2. The lowest BCUT2D eigenvalue weighted by Crippen LogP contribution is -2.54. The molecule has 0 bridgehead atoms. The van der Waals surface area contributed by atoms with Crippen molar-refractivity contribution in [3.63, 3.8) is 0 Å². The van der Waals surface area contributed by atoms with Gasteiger partial charge in [-0.3, -0.25) is 4.79 Å². The molecule has 1 aromatic heterocycles. The summed E-state index contributed by atoms with van der Waals surface area (Å²) in [6, 6.07) is 0. The summed E-state index contributed by atoms with van der Waals surface area (Å²) in [5.41, 5.74) is -2.52. The highest BCUT2D eigenvalue weighted by Crippen LogP contribution is 2.39. The number of hydrogen-bond donors (Lipinski definition) is 1. The lowest BCUT2D eigenvalue weighted by molar-refractivity contribution is -0.138. The maximum atomic E-state index is 12.7. The second kappa shape index (κ2) is 3.48. The van der Waals surface area contributed by atoms with Crippen molar-refractivity contribution in [2.75, 3.05) is 18.0 Å². The van der Waals surface area contributed by atoms with Crippen molar-refractivity contribution in [1.29, 1.82) is 0 Å². The van der Waals surface area contributed by atoms with Gasteiger partial charge in [-0.1, -0.05) is 13.8 Å². The van der Waals surface area contributed by atoms with Gasteiger partial charge in [0.15, 0.2) is 0 Å². The number of nitrogens with one attached hydrogen (secondary N) is 1. The average Bonchev–Trinajstić information content (AvgIpc) is 2.11. The Morgan fingerprint density at radius 1 is 1.41 bits per heavy atom. The van der Waals surface area contributed by atoms with Crippen molar-refractivity contribution >= 4 is 5.69 Å². The van der Waals surface area contributed by atoms with E-state index in [0.717, 1.165) is 6.20 Å². The third kappa shape index (κ3) is 2.13. The molecule has 2 rings (SSSR count). The summed E-state index contributed by atoms with van der Waals surface area (Å²) in [6.07, 6.45) is -3.61. The average molecular weight is 247 g/mol. The number of hydrogen-bond acceptors (Lipinski definition) is 3. The minimum atomic E-state index is -4.66. The molecule has 1 aliphatic rings. The highest BCUT2D eigenvalue weighted by Gasteiger charge is 2.42. The monoisotopic (exact) mass is 247 g/mol. The van der Waals surface area contributed by atoms with E-state index in [1.54, 1.807) is 0 Å². The summed E-state index contributed by atoms with van der Waals surface area (Å²) in [5.74, 6) is 0. The maximum absolute atomic E-state index is 12.7. The van der Waals surface area contributed by atoms with E-state index in [9.17, 15) is 18.0 Å². The van der Waals surface area contributed by atoms with Gasteiger partial charge < -0.3 is 4.90 Å². The molecule has 1 N–H and O–H groups in total. The Morgan fingerprint density at radius 2 is 2.00 bits per heavy atom. The molecule has 0 aromatic carbocycles. The van der Waals surface area contributed by atoms with Gasteiger partial charge in [-0.2, -0.15) is 18.3 Å². The zero-order chi connectivity index (χ0) is 12.8. The highest BCUT2D eigenvalue weighted by atomic mass is 19.4. The second-order valence-electron chi connectivity index (χ2n) is 4.98. The lowest BCUT2D eigenvalue weighted by atomic mass is 9.84. The molecular formula is C10H12F3N3O. The van der Waals surface area contributed by atoms with Crippen LogP contribution in [0.15, 0.2) is 11.0 Å². The molecule has 7 heteroatoms. The van der Waals surface area contributed by atoms with Crippen LogP contribution in [0.3, 0.4) is 0 Å². The Hall–Kier alpha value is -1.53. The third-order valence-electron chi connectivity index (χ3n) is 2.70. The summed E-state index contributed by atoms with van der Waals surface area (Å²) in [7, 11) is 0. The minimum absolute atomic E-state index is 0.0223. The van der Waals surface area contributed by atoms with E-state index in [-0.39, 0.29) is 11.1 Å². The number of rotatable bonds is 1. The Bertz CT molecular complexity index is 484. The van der Waals surface area contributed by atoms with Crippen LogP contribution in [0.4, 0.5) is 18.9 Å². The van der Waals surface area contributed by atoms with Crippen LogP contribution < -0.4 is 10.5 Å². The maximum Gasteiger partial charge on any atom is 0.423 e. The molecule has 1 saturated heterocycles. The van der Waals surface area contributed by atoms with Gasteiger partial charge in [-0.25, -0.2) is 5.10 Å². The zero-order valence-electron chi connectivity index (χ0n) is 9.43. The summed E-state index contributed by atoms with van der Waals surface area (Å²) >= 11 is 0. The van der Waals surface area contributed by atoms with E-state index in [2.05, 4.69) is 5.10 Å². The van der Waals surface area contributed by atoms with E-state index in [4.69, 9.17) is 0 Å².